The first-order chi connectivity index (χ1) is 6.24. The molecule has 66 valence electrons. The largest absolute Gasteiger partial charge is 0.493 e. The van der Waals surface area contributed by atoms with Gasteiger partial charge in [0.05, 0.1) is 18.2 Å². The van der Waals surface area contributed by atoms with Crippen LogP contribution in [0.15, 0.2) is 12.1 Å². The van der Waals surface area contributed by atoms with E-state index in [9.17, 15) is 9.18 Å². The zero-order chi connectivity index (χ0) is 9.84. The molecule has 0 amide bonds. The van der Waals surface area contributed by atoms with Crippen molar-refractivity contribution in [3.63, 3.8) is 0 Å². The summed E-state index contributed by atoms with van der Waals surface area (Å²) in [6.45, 7) is 0. The molecule has 3 nitrogen and oxygen atoms in total. The van der Waals surface area contributed by atoms with Crippen LogP contribution in [-0.4, -0.2) is 13.4 Å². The van der Waals surface area contributed by atoms with Crippen molar-refractivity contribution in [3.05, 3.63) is 29.1 Å². The van der Waals surface area contributed by atoms with E-state index in [0.717, 1.165) is 0 Å². The summed E-state index contributed by atoms with van der Waals surface area (Å²) in [6, 6.07) is 4.23. The molecule has 0 heterocycles. The van der Waals surface area contributed by atoms with Crippen LogP contribution in [0.5, 0.6) is 5.75 Å². The maximum absolute atomic E-state index is 13.2. The average molecular weight is 179 g/mol. The van der Waals surface area contributed by atoms with Gasteiger partial charge in [-0.15, -0.1) is 0 Å². The molecule has 0 atom stereocenters. The van der Waals surface area contributed by atoms with Crippen molar-refractivity contribution < 1.29 is 13.9 Å². The van der Waals surface area contributed by atoms with E-state index in [1.807, 2.05) is 0 Å². The van der Waals surface area contributed by atoms with Crippen LogP contribution in [0.25, 0.3) is 0 Å². The molecule has 0 spiro atoms. The number of benzene rings is 1. The Morgan fingerprint density at radius 1 is 1.62 bits per heavy atom. The third-order valence-corrected chi connectivity index (χ3v) is 1.58. The number of methoxy groups -OCH3 is 1. The van der Waals surface area contributed by atoms with Gasteiger partial charge in [-0.2, -0.15) is 5.26 Å². The van der Waals surface area contributed by atoms with E-state index in [1.165, 1.54) is 19.2 Å². The van der Waals surface area contributed by atoms with Crippen molar-refractivity contribution in [3.8, 4) is 11.8 Å². The molecule has 0 unspecified atom stereocenters. The van der Waals surface area contributed by atoms with E-state index in [0.29, 0.717) is 6.29 Å². The predicted octanol–water partition coefficient (Wildman–Crippen LogP) is 1.52. The molecule has 1 rings (SSSR count). The van der Waals surface area contributed by atoms with Gasteiger partial charge in [0.25, 0.3) is 0 Å². The molecule has 13 heavy (non-hydrogen) atoms. The van der Waals surface area contributed by atoms with E-state index >= 15 is 0 Å². The second-order valence-corrected chi connectivity index (χ2v) is 2.28. The van der Waals surface area contributed by atoms with Gasteiger partial charge in [0.15, 0.2) is 17.9 Å². The molecule has 0 N–H and O–H groups in total. The highest BCUT2D eigenvalue weighted by Gasteiger charge is 2.12. The number of hydrogen-bond donors (Lipinski definition) is 0. The Labute approximate surface area is 74.4 Å². The lowest BCUT2D eigenvalue weighted by atomic mass is 10.1. The summed E-state index contributed by atoms with van der Waals surface area (Å²) in [7, 11) is 1.24. The molecule has 1 aromatic rings. The molecule has 0 aliphatic rings. The Morgan fingerprint density at radius 3 is 2.77 bits per heavy atom. The second-order valence-electron chi connectivity index (χ2n) is 2.28. The van der Waals surface area contributed by atoms with Gasteiger partial charge >= 0.3 is 0 Å². The van der Waals surface area contributed by atoms with Crippen LogP contribution in [0.4, 0.5) is 4.39 Å². The van der Waals surface area contributed by atoms with E-state index in [1.54, 1.807) is 6.07 Å². The van der Waals surface area contributed by atoms with Crippen LogP contribution in [0.2, 0.25) is 0 Å². The Kier molecular flexibility index (Phi) is 2.60. The Balaban J connectivity index is 3.42. The standard InChI is InChI=1S/C9H6FNO2/c1-13-9-7(5-12)3-2-6(4-11)8(9)10/h2-3,5H,1H3. The summed E-state index contributed by atoms with van der Waals surface area (Å²) >= 11 is 0. The third-order valence-electron chi connectivity index (χ3n) is 1.58. The zero-order valence-corrected chi connectivity index (χ0v) is 6.87. The van der Waals surface area contributed by atoms with Gasteiger partial charge in [-0.3, -0.25) is 4.79 Å². The van der Waals surface area contributed by atoms with Crippen LogP contribution >= 0.6 is 0 Å². The number of nitrogens with zero attached hydrogens (tertiary/aromatic N) is 1. The highest BCUT2D eigenvalue weighted by Crippen LogP contribution is 2.23. The maximum atomic E-state index is 13.2. The maximum Gasteiger partial charge on any atom is 0.183 e. The van der Waals surface area contributed by atoms with Crippen molar-refractivity contribution in [1.29, 1.82) is 5.26 Å². The quantitative estimate of drug-likeness (QED) is 0.646. The summed E-state index contributed by atoms with van der Waals surface area (Å²) in [5.74, 6) is -0.983. The Hall–Kier alpha value is -1.89. The first-order valence-electron chi connectivity index (χ1n) is 3.46. The van der Waals surface area contributed by atoms with Gasteiger partial charge < -0.3 is 4.74 Å². The minimum Gasteiger partial charge on any atom is -0.493 e. The van der Waals surface area contributed by atoms with E-state index < -0.39 is 5.82 Å². The van der Waals surface area contributed by atoms with Gasteiger partial charge in [0.1, 0.15) is 6.07 Å². The van der Waals surface area contributed by atoms with Crippen LogP contribution in [0.3, 0.4) is 0 Å². The number of nitriles is 1. The van der Waals surface area contributed by atoms with Crippen molar-refractivity contribution in [2.24, 2.45) is 0 Å². The average Bonchev–Trinajstić information content (AvgIpc) is 2.17. The van der Waals surface area contributed by atoms with Crippen LogP contribution < -0.4 is 4.74 Å². The minimum absolute atomic E-state index is 0.0963. The molecule has 0 saturated heterocycles. The van der Waals surface area contributed by atoms with Crippen molar-refractivity contribution in [2.75, 3.05) is 7.11 Å². The molecule has 0 radical (unpaired) electrons. The molecule has 0 aromatic heterocycles. The van der Waals surface area contributed by atoms with Gasteiger partial charge in [0.2, 0.25) is 0 Å². The first kappa shape index (κ1) is 9.20. The smallest absolute Gasteiger partial charge is 0.183 e. The fraction of sp³-hybridized carbons (Fsp3) is 0.111. The monoisotopic (exact) mass is 179 g/mol. The van der Waals surface area contributed by atoms with Gasteiger partial charge in [0, 0.05) is 0 Å². The normalized spacial score (nSPS) is 9.00. The zero-order valence-electron chi connectivity index (χ0n) is 6.87. The number of ether oxygens (including phenoxy) is 1. The summed E-state index contributed by atoms with van der Waals surface area (Å²) in [4.78, 5) is 10.4. The highest BCUT2D eigenvalue weighted by molar-refractivity contribution is 5.80. The van der Waals surface area contributed by atoms with E-state index in [2.05, 4.69) is 4.74 Å². The first-order valence-corrected chi connectivity index (χ1v) is 3.46. The third kappa shape index (κ3) is 1.49. The molecular formula is C9H6FNO2. The fourth-order valence-electron chi connectivity index (χ4n) is 0.958. The lowest BCUT2D eigenvalue weighted by Crippen LogP contribution is -1.96. The molecular weight excluding hydrogens is 173 g/mol. The highest BCUT2D eigenvalue weighted by atomic mass is 19.1. The van der Waals surface area contributed by atoms with Crippen molar-refractivity contribution in [1.82, 2.24) is 0 Å². The lowest BCUT2D eigenvalue weighted by Gasteiger charge is -2.04. The molecule has 0 fully saturated rings. The molecule has 0 aliphatic heterocycles. The number of hydrogen-bond acceptors (Lipinski definition) is 3. The summed E-state index contributed by atoms with van der Waals surface area (Å²) in [5, 5.41) is 8.47. The molecule has 0 bridgehead atoms. The van der Waals surface area contributed by atoms with Crippen molar-refractivity contribution in [2.45, 2.75) is 0 Å². The Bertz CT molecular complexity index is 382. The SMILES string of the molecule is COc1c(C=O)ccc(C#N)c1F. The molecule has 1 aromatic carbocycles. The minimum atomic E-state index is -0.797. The molecule has 4 heteroatoms. The lowest BCUT2D eigenvalue weighted by molar-refractivity contribution is 0.111. The van der Waals surface area contributed by atoms with Gasteiger partial charge in [-0.25, -0.2) is 4.39 Å². The number of carbonyl (C=O) groups excluding carboxylic acids is 1. The summed E-state index contributed by atoms with van der Waals surface area (Å²) < 4.78 is 17.9. The number of carbonyl (C=O) groups is 1. The van der Waals surface area contributed by atoms with Gasteiger partial charge in [-0.05, 0) is 12.1 Å². The van der Waals surface area contributed by atoms with Crippen LogP contribution in [-0.2, 0) is 0 Å². The summed E-state index contributed by atoms with van der Waals surface area (Å²) in [5.41, 5.74) is -0.0403. The molecule has 0 aliphatic carbocycles. The summed E-state index contributed by atoms with van der Waals surface area (Å²) in [6.07, 6.45) is 0.475. The van der Waals surface area contributed by atoms with Crippen LogP contribution in [0.1, 0.15) is 15.9 Å². The fourth-order valence-corrected chi connectivity index (χ4v) is 0.958. The predicted molar refractivity (Wildman–Crippen MR) is 43.1 cm³/mol. The van der Waals surface area contributed by atoms with Crippen LogP contribution in [0, 0.1) is 17.1 Å². The van der Waals surface area contributed by atoms with Gasteiger partial charge in [-0.1, -0.05) is 0 Å². The number of rotatable bonds is 2. The van der Waals surface area contributed by atoms with E-state index in [4.69, 9.17) is 5.26 Å². The number of aldehydes is 1. The topological polar surface area (TPSA) is 50.1 Å². The van der Waals surface area contributed by atoms with Crippen molar-refractivity contribution >= 4 is 6.29 Å². The Morgan fingerprint density at radius 2 is 2.31 bits per heavy atom. The molecule has 0 saturated carbocycles. The van der Waals surface area contributed by atoms with E-state index in [-0.39, 0.29) is 16.9 Å². The second kappa shape index (κ2) is 3.68. The number of halogens is 1.